The summed E-state index contributed by atoms with van der Waals surface area (Å²) in [5.41, 5.74) is 0.196. The normalized spacial score (nSPS) is 11.3. The summed E-state index contributed by atoms with van der Waals surface area (Å²) in [6.07, 6.45) is 6.95. The summed E-state index contributed by atoms with van der Waals surface area (Å²) in [6.45, 7) is 4.68. The first kappa shape index (κ1) is 18.7. The zero-order valence-electron chi connectivity index (χ0n) is 14.8. The number of H-pyrrole nitrogens is 1. The van der Waals surface area contributed by atoms with E-state index in [0.717, 1.165) is 23.0 Å². The maximum atomic E-state index is 12.1. The van der Waals surface area contributed by atoms with Gasteiger partial charge in [-0.15, -0.1) is 0 Å². The Morgan fingerprint density at radius 2 is 1.80 bits per heavy atom. The van der Waals surface area contributed by atoms with Gasteiger partial charge in [0.2, 0.25) is 5.88 Å². The smallest absolute Gasteiger partial charge is 0.335 e. The molecule has 0 aliphatic heterocycles. The zero-order valence-corrected chi connectivity index (χ0v) is 14.8. The molecule has 0 bridgehead atoms. The van der Waals surface area contributed by atoms with Gasteiger partial charge >= 0.3 is 5.69 Å². The van der Waals surface area contributed by atoms with Crippen LogP contribution >= 0.6 is 0 Å². The van der Waals surface area contributed by atoms with Crippen LogP contribution in [0.3, 0.4) is 0 Å². The summed E-state index contributed by atoms with van der Waals surface area (Å²) >= 11 is 0. The first-order valence-electron chi connectivity index (χ1n) is 8.69. The molecule has 2 N–H and O–H groups in total. The Hall–Kier alpha value is -2.63. The van der Waals surface area contributed by atoms with E-state index < -0.39 is 17.1 Å². The molecule has 134 valence electrons. The molecule has 0 unspecified atom stereocenters. The standard InChI is InChI=1S/C19H25N3O3/c1-3-4-5-6-7-12-20-13-16-17(23)21-19(25)22(18(16)24)15-10-8-14(2)9-11-15/h8-11,13,24H,3-7,12H2,1-2H3,(H,21,23,25). The topological polar surface area (TPSA) is 87.4 Å². The minimum absolute atomic E-state index is 0.00580. The molecule has 2 aromatic rings. The molecule has 0 atom stereocenters. The summed E-state index contributed by atoms with van der Waals surface area (Å²) in [5.74, 6) is -0.396. The highest BCUT2D eigenvalue weighted by Crippen LogP contribution is 2.15. The second-order valence-electron chi connectivity index (χ2n) is 6.12. The first-order chi connectivity index (χ1) is 12.0. The monoisotopic (exact) mass is 343 g/mol. The SMILES string of the molecule is CCCCCCCN=Cc1c(O)n(-c2ccc(C)cc2)c(=O)[nH]c1=O. The number of unbranched alkanes of at least 4 members (excludes halogenated alkanes) is 4. The molecule has 0 saturated heterocycles. The van der Waals surface area contributed by atoms with Crippen LogP contribution in [0.4, 0.5) is 0 Å². The molecule has 6 nitrogen and oxygen atoms in total. The number of benzene rings is 1. The third kappa shape index (κ3) is 4.92. The fourth-order valence-corrected chi connectivity index (χ4v) is 2.55. The summed E-state index contributed by atoms with van der Waals surface area (Å²) in [4.78, 5) is 30.5. The molecule has 1 aromatic heterocycles. The minimum Gasteiger partial charge on any atom is -0.493 e. The van der Waals surface area contributed by atoms with E-state index in [0.29, 0.717) is 12.2 Å². The Balaban J connectivity index is 2.22. The van der Waals surface area contributed by atoms with Crippen molar-refractivity contribution in [1.29, 1.82) is 0 Å². The fourth-order valence-electron chi connectivity index (χ4n) is 2.55. The van der Waals surface area contributed by atoms with E-state index in [2.05, 4.69) is 16.9 Å². The predicted octanol–water partition coefficient (Wildman–Crippen LogP) is 2.93. The van der Waals surface area contributed by atoms with Crippen LogP contribution in [0.2, 0.25) is 0 Å². The number of aromatic nitrogens is 2. The first-order valence-corrected chi connectivity index (χ1v) is 8.69. The molecule has 0 spiro atoms. The number of nitrogens with zero attached hydrogens (tertiary/aromatic N) is 2. The number of aryl methyl sites for hydroxylation is 1. The van der Waals surface area contributed by atoms with Gasteiger partial charge in [0.25, 0.3) is 5.56 Å². The van der Waals surface area contributed by atoms with E-state index in [1.54, 1.807) is 12.1 Å². The van der Waals surface area contributed by atoms with Gasteiger partial charge in [-0.05, 0) is 25.5 Å². The van der Waals surface area contributed by atoms with Crippen LogP contribution in [0, 0.1) is 6.92 Å². The number of aliphatic imine (C=N–C) groups is 1. The van der Waals surface area contributed by atoms with Crippen molar-refractivity contribution in [2.75, 3.05) is 6.54 Å². The van der Waals surface area contributed by atoms with Gasteiger partial charge in [0.1, 0.15) is 5.56 Å². The second kappa shape index (κ2) is 9.01. The summed E-state index contributed by atoms with van der Waals surface area (Å²) in [7, 11) is 0. The van der Waals surface area contributed by atoms with Gasteiger partial charge in [-0.2, -0.15) is 0 Å². The lowest BCUT2D eigenvalue weighted by Crippen LogP contribution is -2.31. The van der Waals surface area contributed by atoms with Crippen molar-refractivity contribution in [3.63, 3.8) is 0 Å². The average molecular weight is 343 g/mol. The second-order valence-corrected chi connectivity index (χ2v) is 6.12. The molecule has 0 fully saturated rings. The number of hydrogen-bond acceptors (Lipinski definition) is 4. The van der Waals surface area contributed by atoms with Crippen molar-refractivity contribution < 1.29 is 5.11 Å². The predicted molar refractivity (Wildman–Crippen MR) is 100 cm³/mol. The summed E-state index contributed by atoms with van der Waals surface area (Å²) in [5, 5.41) is 10.4. The maximum Gasteiger partial charge on any atom is 0.335 e. The minimum atomic E-state index is -0.678. The number of aromatic hydroxyl groups is 1. The van der Waals surface area contributed by atoms with Gasteiger partial charge in [-0.3, -0.25) is 14.8 Å². The molecule has 0 aliphatic carbocycles. The molecule has 25 heavy (non-hydrogen) atoms. The molecular formula is C19H25N3O3. The van der Waals surface area contributed by atoms with Gasteiger partial charge in [0.05, 0.1) is 5.69 Å². The lowest BCUT2D eigenvalue weighted by Gasteiger charge is -2.09. The Kier molecular flexibility index (Phi) is 6.74. The summed E-state index contributed by atoms with van der Waals surface area (Å²) < 4.78 is 1.07. The van der Waals surface area contributed by atoms with E-state index in [1.165, 1.54) is 25.5 Å². The van der Waals surface area contributed by atoms with Crippen LogP contribution in [0.25, 0.3) is 5.69 Å². The van der Waals surface area contributed by atoms with E-state index in [4.69, 9.17) is 0 Å². The highest BCUT2D eigenvalue weighted by Gasteiger charge is 2.13. The quantitative estimate of drug-likeness (QED) is 0.570. The summed E-state index contributed by atoms with van der Waals surface area (Å²) in [6, 6.07) is 7.08. The van der Waals surface area contributed by atoms with Gasteiger partial charge in [0, 0.05) is 12.8 Å². The number of rotatable bonds is 8. The van der Waals surface area contributed by atoms with Crippen molar-refractivity contribution in [1.82, 2.24) is 9.55 Å². The molecular weight excluding hydrogens is 318 g/mol. The highest BCUT2D eigenvalue weighted by atomic mass is 16.3. The van der Waals surface area contributed by atoms with Crippen LogP contribution in [0.15, 0.2) is 38.8 Å². The van der Waals surface area contributed by atoms with Crippen molar-refractivity contribution >= 4 is 6.21 Å². The molecule has 0 radical (unpaired) electrons. The van der Waals surface area contributed by atoms with Crippen LogP contribution in [-0.4, -0.2) is 27.4 Å². The van der Waals surface area contributed by atoms with E-state index in [-0.39, 0.29) is 5.56 Å². The molecule has 1 heterocycles. The molecule has 1 aromatic carbocycles. The Morgan fingerprint density at radius 1 is 1.12 bits per heavy atom. The van der Waals surface area contributed by atoms with Crippen LogP contribution in [-0.2, 0) is 0 Å². The van der Waals surface area contributed by atoms with Crippen LogP contribution < -0.4 is 11.2 Å². The van der Waals surface area contributed by atoms with E-state index in [1.807, 2.05) is 19.1 Å². The average Bonchev–Trinajstić information content (AvgIpc) is 2.58. The third-order valence-electron chi connectivity index (χ3n) is 4.02. The van der Waals surface area contributed by atoms with E-state index >= 15 is 0 Å². The molecule has 0 amide bonds. The van der Waals surface area contributed by atoms with Gasteiger partial charge in [0.15, 0.2) is 0 Å². The van der Waals surface area contributed by atoms with Gasteiger partial charge in [-0.1, -0.05) is 50.3 Å². The number of aromatic amines is 1. The van der Waals surface area contributed by atoms with E-state index in [9.17, 15) is 14.7 Å². The molecule has 0 aliphatic rings. The van der Waals surface area contributed by atoms with Crippen LogP contribution in [0.1, 0.15) is 50.2 Å². The molecule has 0 saturated carbocycles. The van der Waals surface area contributed by atoms with Gasteiger partial charge < -0.3 is 5.11 Å². The lowest BCUT2D eigenvalue weighted by molar-refractivity contribution is 0.430. The Labute approximate surface area is 146 Å². The highest BCUT2D eigenvalue weighted by molar-refractivity contribution is 5.82. The number of hydrogen-bond donors (Lipinski definition) is 2. The Morgan fingerprint density at radius 3 is 2.48 bits per heavy atom. The van der Waals surface area contributed by atoms with Crippen molar-refractivity contribution in [2.45, 2.75) is 46.0 Å². The van der Waals surface area contributed by atoms with Crippen molar-refractivity contribution in [3.05, 3.63) is 56.2 Å². The number of nitrogens with one attached hydrogen (secondary N) is 1. The fraction of sp³-hybridized carbons (Fsp3) is 0.421. The zero-order chi connectivity index (χ0) is 18.2. The van der Waals surface area contributed by atoms with Crippen molar-refractivity contribution in [2.24, 2.45) is 4.99 Å². The largest absolute Gasteiger partial charge is 0.493 e. The molecule has 6 heteroatoms. The van der Waals surface area contributed by atoms with Crippen LogP contribution in [0.5, 0.6) is 5.88 Å². The van der Waals surface area contributed by atoms with Crippen molar-refractivity contribution in [3.8, 4) is 11.6 Å². The maximum absolute atomic E-state index is 12.1. The third-order valence-corrected chi connectivity index (χ3v) is 4.02. The molecule has 2 rings (SSSR count). The lowest BCUT2D eigenvalue weighted by atomic mass is 10.1. The van der Waals surface area contributed by atoms with Gasteiger partial charge in [-0.25, -0.2) is 9.36 Å². The Bertz CT molecular complexity index is 832.